The highest BCUT2D eigenvalue weighted by Gasteiger charge is 2.54. The molecule has 0 aromatic carbocycles. The van der Waals surface area contributed by atoms with E-state index in [4.69, 9.17) is 28.4 Å². The van der Waals surface area contributed by atoms with Crippen LogP contribution in [-0.4, -0.2) is 93.8 Å². The maximum Gasteiger partial charge on any atom is 0.161 e. The van der Waals surface area contributed by atoms with Crippen molar-refractivity contribution in [3.05, 3.63) is 12.7 Å². The second kappa shape index (κ2) is 10.4. The van der Waals surface area contributed by atoms with Crippen molar-refractivity contribution in [1.29, 1.82) is 0 Å². The predicted molar refractivity (Wildman–Crippen MR) is 83.7 cm³/mol. The molecule has 0 radical (unpaired) electrons. The molecular weight excluding hydrogens is 320 g/mol. The van der Waals surface area contributed by atoms with Crippen LogP contribution in [0.3, 0.4) is 0 Å². The number of ether oxygens (including phenoxy) is 6. The third kappa shape index (κ3) is 5.75. The summed E-state index contributed by atoms with van der Waals surface area (Å²) in [4.78, 5) is 0. The molecule has 2 aliphatic heterocycles. The first-order chi connectivity index (χ1) is 11.7. The Bertz CT molecular complexity index is 366. The van der Waals surface area contributed by atoms with E-state index in [-0.39, 0.29) is 19.6 Å². The molecule has 24 heavy (non-hydrogen) atoms. The quantitative estimate of drug-likeness (QED) is 0.339. The van der Waals surface area contributed by atoms with Gasteiger partial charge in [-0.15, -0.1) is 6.58 Å². The minimum Gasteiger partial charge on any atom is -0.390 e. The molecule has 0 aliphatic carbocycles. The van der Waals surface area contributed by atoms with Crippen LogP contribution in [-0.2, 0) is 28.4 Å². The van der Waals surface area contributed by atoms with Gasteiger partial charge in [-0.25, -0.2) is 0 Å². The van der Waals surface area contributed by atoms with E-state index in [2.05, 4.69) is 6.58 Å². The molecule has 2 saturated heterocycles. The average Bonchev–Trinajstić information content (AvgIpc) is 2.94. The Balaban J connectivity index is 1.45. The smallest absolute Gasteiger partial charge is 0.161 e. The van der Waals surface area contributed by atoms with E-state index < -0.39 is 24.1 Å². The Morgan fingerprint density at radius 3 is 2.29 bits per heavy atom. The number of aliphatic hydroxyl groups is 2. The Morgan fingerprint density at radius 1 is 1.00 bits per heavy atom. The number of rotatable bonds is 13. The maximum atomic E-state index is 10.1. The van der Waals surface area contributed by atoms with Gasteiger partial charge in [0.1, 0.15) is 11.7 Å². The van der Waals surface area contributed by atoms with E-state index in [1.54, 1.807) is 6.08 Å². The summed E-state index contributed by atoms with van der Waals surface area (Å²) in [5.41, 5.74) is -0.975. The summed E-state index contributed by atoms with van der Waals surface area (Å²) in [6, 6.07) is 0. The van der Waals surface area contributed by atoms with Crippen LogP contribution in [0.5, 0.6) is 0 Å². The van der Waals surface area contributed by atoms with Crippen LogP contribution in [0.2, 0.25) is 0 Å². The van der Waals surface area contributed by atoms with E-state index in [1.165, 1.54) is 0 Å². The molecule has 2 fully saturated rings. The SMILES string of the molecule is C=CCOCCOCCOCCOC[C@]12CO[C@H](C[C@@H](O)[C@H]1O)O2. The highest BCUT2D eigenvalue weighted by molar-refractivity contribution is 5.00. The first-order valence-corrected chi connectivity index (χ1v) is 8.25. The molecule has 140 valence electrons. The zero-order valence-electron chi connectivity index (χ0n) is 13.9. The van der Waals surface area contributed by atoms with Crippen LogP contribution in [0.4, 0.5) is 0 Å². The number of aliphatic hydroxyl groups excluding tert-OH is 2. The molecule has 2 aliphatic rings. The lowest BCUT2D eigenvalue weighted by Gasteiger charge is -2.38. The normalized spacial score (nSPS) is 32.2. The molecule has 4 atom stereocenters. The lowest BCUT2D eigenvalue weighted by atomic mass is 9.91. The van der Waals surface area contributed by atoms with Gasteiger partial charge in [-0.2, -0.15) is 0 Å². The Morgan fingerprint density at radius 2 is 1.62 bits per heavy atom. The first kappa shape index (κ1) is 19.7. The van der Waals surface area contributed by atoms with Crippen LogP contribution in [0.25, 0.3) is 0 Å². The van der Waals surface area contributed by atoms with E-state index in [0.717, 1.165) is 0 Å². The van der Waals surface area contributed by atoms with E-state index in [9.17, 15) is 10.2 Å². The van der Waals surface area contributed by atoms with Gasteiger partial charge < -0.3 is 38.6 Å². The summed E-state index contributed by atoms with van der Waals surface area (Å²) in [5.74, 6) is 0. The van der Waals surface area contributed by atoms with Crippen LogP contribution >= 0.6 is 0 Å². The Hall–Kier alpha value is -0.580. The fraction of sp³-hybridized carbons (Fsp3) is 0.875. The highest BCUT2D eigenvalue weighted by atomic mass is 16.7. The van der Waals surface area contributed by atoms with Gasteiger partial charge in [0.15, 0.2) is 6.29 Å². The standard InChI is InChI=1S/C16H28O8/c1-2-3-19-4-5-20-6-7-21-8-9-22-11-16-12-23-14(24-16)10-13(17)15(16)18/h2,13-15,17-18H,1,3-12H2/t13-,14+,15-,16+/m1/s1. The average molecular weight is 348 g/mol. The van der Waals surface area contributed by atoms with Gasteiger partial charge >= 0.3 is 0 Å². The van der Waals surface area contributed by atoms with Crippen molar-refractivity contribution in [3.8, 4) is 0 Å². The number of fused-ring (bicyclic) bond motifs is 2. The lowest BCUT2D eigenvalue weighted by molar-refractivity contribution is -0.225. The summed E-state index contributed by atoms with van der Waals surface area (Å²) in [6.45, 7) is 7.25. The van der Waals surface area contributed by atoms with Gasteiger partial charge in [0.05, 0.1) is 65.6 Å². The Labute approximate surface area is 142 Å². The molecule has 0 unspecified atom stereocenters. The minimum atomic E-state index is -1.01. The van der Waals surface area contributed by atoms with Gasteiger partial charge in [0.25, 0.3) is 0 Å². The predicted octanol–water partition coefficient (Wildman–Crippen LogP) is -0.524. The molecule has 0 spiro atoms. The van der Waals surface area contributed by atoms with E-state index in [1.807, 2.05) is 0 Å². The summed E-state index contributed by atoms with van der Waals surface area (Å²) >= 11 is 0. The van der Waals surface area contributed by atoms with Crippen LogP contribution < -0.4 is 0 Å². The number of hydrogen-bond acceptors (Lipinski definition) is 8. The van der Waals surface area contributed by atoms with Gasteiger partial charge in [0, 0.05) is 6.42 Å². The monoisotopic (exact) mass is 348 g/mol. The summed E-state index contributed by atoms with van der Waals surface area (Å²) < 4.78 is 32.4. The molecule has 0 aromatic heterocycles. The van der Waals surface area contributed by atoms with Crippen LogP contribution in [0.15, 0.2) is 12.7 Å². The molecule has 2 bridgehead atoms. The van der Waals surface area contributed by atoms with Crippen LogP contribution in [0.1, 0.15) is 6.42 Å². The van der Waals surface area contributed by atoms with Crippen molar-refractivity contribution in [2.45, 2.75) is 30.5 Å². The van der Waals surface area contributed by atoms with Crippen molar-refractivity contribution in [1.82, 2.24) is 0 Å². The maximum absolute atomic E-state index is 10.1. The lowest BCUT2D eigenvalue weighted by Crippen LogP contribution is -2.57. The van der Waals surface area contributed by atoms with Gasteiger partial charge in [0.2, 0.25) is 0 Å². The van der Waals surface area contributed by atoms with Crippen molar-refractivity contribution in [2.75, 3.05) is 59.5 Å². The first-order valence-electron chi connectivity index (χ1n) is 8.25. The topological polar surface area (TPSA) is 95.8 Å². The van der Waals surface area contributed by atoms with Crippen molar-refractivity contribution in [2.24, 2.45) is 0 Å². The number of hydrogen-bond donors (Lipinski definition) is 2. The largest absolute Gasteiger partial charge is 0.390 e. The van der Waals surface area contributed by atoms with E-state index >= 15 is 0 Å². The van der Waals surface area contributed by atoms with Gasteiger partial charge in [-0.3, -0.25) is 0 Å². The summed E-state index contributed by atoms with van der Waals surface area (Å²) in [5, 5.41) is 19.9. The molecule has 8 heteroatoms. The molecule has 2 N–H and O–H groups in total. The third-order valence-electron chi connectivity index (χ3n) is 3.92. The van der Waals surface area contributed by atoms with Crippen molar-refractivity contribution in [3.63, 3.8) is 0 Å². The molecule has 8 nitrogen and oxygen atoms in total. The fourth-order valence-corrected chi connectivity index (χ4v) is 2.64. The van der Waals surface area contributed by atoms with E-state index in [0.29, 0.717) is 46.2 Å². The van der Waals surface area contributed by atoms with Gasteiger partial charge in [-0.1, -0.05) is 6.08 Å². The highest BCUT2D eigenvalue weighted by Crippen LogP contribution is 2.36. The van der Waals surface area contributed by atoms with Crippen molar-refractivity contribution < 1.29 is 38.6 Å². The molecule has 2 heterocycles. The third-order valence-corrected chi connectivity index (χ3v) is 3.92. The minimum absolute atomic E-state index is 0.155. The zero-order chi connectivity index (χ0) is 17.3. The second-order valence-electron chi connectivity index (χ2n) is 5.81. The van der Waals surface area contributed by atoms with Gasteiger partial charge in [-0.05, 0) is 0 Å². The van der Waals surface area contributed by atoms with Crippen LogP contribution in [0, 0.1) is 0 Å². The zero-order valence-corrected chi connectivity index (χ0v) is 13.9. The second-order valence-corrected chi connectivity index (χ2v) is 5.81. The molecule has 0 amide bonds. The Kier molecular flexibility index (Phi) is 8.57. The molecule has 0 aromatic rings. The molecule has 2 rings (SSSR count). The van der Waals surface area contributed by atoms with Crippen molar-refractivity contribution >= 4 is 0 Å². The fourth-order valence-electron chi connectivity index (χ4n) is 2.64. The summed E-state index contributed by atoms with van der Waals surface area (Å²) in [7, 11) is 0. The molecule has 0 saturated carbocycles. The molecular formula is C16H28O8. The summed E-state index contributed by atoms with van der Waals surface area (Å²) in [6.07, 6.45) is -0.341.